The molecule has 1 N–H and O–H groups in total. The average molecular weight is 288 g/mol. The minimum absolute atomic E-state index is 0.446. The molecule has 3 atom stereocenters. The Labute approximate surface area is 130 Å². The van der Waals surface area contributed by atoms with Gasteiger partial charge in [-0.15, -0.1) is 0 Å². The summed E-state index contributed by atoms with van der Waals surface area (Å²) in [7, 11) is 0. The van der Waals surface area contributed by atoms with Crippen LogP contribution in [0.1, 0.15) is 56.3 Å². The molecule has 0 radical (unpaired) electrons. The highest BCUT2D eigenvalue weighted by Crippen LogP contribution is 2.25. The molecule has 0 spiro atoms. The van der Waals surface area contributed by atoms with E-state index in [0.717, 1.165) is 19.0 Å². The fourth-order valence-corrected chi connectivity index (χ4v) is 3.38. The lowest BCUT2D eigenvalue weighted by molar-refractivity contribution is 0.112. The molecule has 0 aliphatic carbocycles. The number of hydrogen-bond donors (Lipinski definition) is 1. The smallest absolute Gasteiger partial charge is 0.0449 e. The van der Waals surface area contributed by atoms with Gasteiger partial charge in [-0.1, -0.05) is 32.0 Å². The maximum Gasteiger partial charge on any atom is 0.0449 e. The van der Waals surface area contributed by atoms with Crippen LogP contribution in [-0.2, 0) is 0 Å². The number of benzene rings is 1. The quantitative estimate of drug-likeness (QED) is 0.878. The molecule has 2 nitrogen and oxygen atoms in total. The Hall–Kier alpha value is -0.860. The second kappa shape index (κ2) is 7.42. The lowest BCUT2D eigenvalue weighted by Crippen LogP contribution is -2.45. The number of nitrogens with zero attached hydrogens (tertiary/aromatic N) is 1. The van der Waals surface area contributed by atoms with Crippen molar-refractivity contribution in [2.24, 2.45) is 5.92 Å². The predicted molar refractivity (Wildman–Crippen MR) is 91.8 cm³/mol. The van der Waals surface area contributed by atoms with Crippen molar-refractivity contribution in [2.45, 2.75) is 59.5 Å². The van der Waals surface area contributed by atoms with Crippen LogP contribution in [0.5, 0.6) is 0 Å². The van der Waals surface area contributed by atoms with Gasteiger partial charge >= 0.3 is 0 Å². The number of likely N-dealkylation sites (N-methyl/N-ethyl adjacent to an activating group) is 1. The lowest BCUT2D eigenvalue weighted by atomic mass is 9.93. The van der Waals surface area contributed by atoms with Crippen molar-refractivity contribution in [3.63, 3.8) is 0 Å². The van der Waals surface area contributed by atoms with Crippen molar-refractivity contribution in [1.82, 2.24) is 10.2 Å². The van der Waals surface area contributed by atoms with Gasteiger partial charge in [-0.25, -0.2) is 0 Å². The minimum atomic E-state index is 0.446. The number of hydrogen-bond acceptors (Lipinski definition) is 2. The number of piperidine rings is 1. The second-order valence-corrected chi connectivity index (χ2v) is 6.94. The summed E-state index contributed by atoms with van der Waals surface area (Å²) in [5.74, 6) is 0.836. The van der Waals surface area contributed by atoms with E-state index >= 15 is 0 Å². The first-order valence-electron chi connectivity index (χ1n) is 8.55. The molecule has 118 valence electrons. The minimum Gasteiger partial charge on any atom is -0.309 e. The molecule has 1 aliphatic rings. The average Bonchev–Trinajstić information content (AvgIpc) is 2.45. The van der Waals surface area contributed by atoms with Crippen LogP contribution in [0.3, 0.4) is 0 Å². The Bertz CT molecular complexity index is 455. The molecule has 1 saturated heterocycles. The SMILES string of the molecule is CCNC(CN1CC(C)CCC1C)c1ccc(C)c(C)c1. The molecule has 21 heavy (non-hydrogen) atoms. The van der Waals surface area contributed by atoms with E-state index in [1.807, 2.05) is 0 Å². The monoisotopic (exact) mass is 288 g/mol. The Morgan fingerprint density at radius 2 is 1.95 bits per heavy atom. The molecule has 2 rings (SSSR count). The standard InChI is InChI=1S/C19H32N2/c1-6-20-19(18-10-8-15(3)16(4)11-18)13-21-12-14(2)7-9-17(21)5/h8,10-11,14,17,19-20H,6-7,9,12-13H2,1-5H3. The second-order valence-electron chi connectivity index (χ2n) is 6.94. The van der Waals surface area contributed by atoms with Crippen LogP contribution in [0, 0.1) is 19.8 Å². The van der Waals surface area contributed by atoms with E-state index in [2.05, 4.69) is 63.0 Å². The van der Waals surface area contributed by atoms with E-state index in [0.29, 0.717) is 12.1 Å². The highest BCUT2D eigenvalue weighted by molar-refractivity contribution is 5.32. The summed E-state index contributed by atoms with van der Waals surface area (Å²) in [6.45, 7) is 14.8. The van der Waals surface area contributed by atoms with Gasteiger partial charge in [-0.05, 0) is 62.8 Å². The molecule has 3 unspecified atom stereocenters. The van der Waals surface area contributed by atoms with Crippen molar-refractivity contribution in [3.05, 3.63) is 34.9 Å². The molecule has 1 heterocycles. The van der Waals surface area contributed by atoms with Gasteiger partial charge in [0.1, 0.15) is 0 Å². The Morgan fingerprint density at radius 1 is 1.19 bits per heavy atom. The molecular weight excluding hydrogens is 256 g/mol. The van der Waals surface area contributed by atoms with E-state index in [1.165, 1.54) is 36.1 Å². The Morgan fingerprint density at radius 3 is 2.62 bits per heavy atom. The van der Waals surface area contributed by atoms with Crippen LogP contribution in [0.2, 0.25) is 0 Å². The van der Waals surface area contributed by atoms with Crippen molar-refractivity contribution in [2.75, 3.05) is 19.6 Å². The highest BCUT2D eigenvalue weighted by atomic mass is 15.2. The summed E-state index contributed by atoms with van der Waals surface area (Å²) >= 11 is 0. The van der Waals surface area contributed by atoms with Gasteiger partial charge in [0, 0.05) is 25.2 Å². The molecule has 1 aromatic carbocycles. The third-order valence-corrected chi connectivity index (χ3v) is 5.05. The summed E-state index contributed by atoms with van der Waals surface area (Å²) in [5, 5.41) is 3.69. The molecule has 0 bridgehead atoms. The zero-order valence-electron chi connectivity index (χ0n) is 14.4. The maximum absolute atomic E-state index is 3.69. The third kappa shape index (κ3) is 4.31. The van der Waals surface area contributed by atoms with Gasteiger partial charge in [0.05, 0.1) is 0 Å². The summed E-state index contributed by atoms with van der Waals surface area (Å²) in [5.41, 5.74) is 4.22. The summed E-state index contributed by atoms with van der Waals surface area (Å²) in [4.78, 5) is 2.68. The maximum atomic E-state index is 3.69. The van der Waals surface area contributed by atoms with Crippen LogP contribution in [-0.4, -0.2) is 30.6 Å². The first kappa shape index (κ1) is 16.5. The lowest BCUT2D eigenvalue weighted by Gasteiger charge is -2.39. The number of aryl methyl sites for hydroxylation is 2. The van der Waals surface area contributed by atoms with Gasteiger partial charge in [0.25, 0.3) is 0 Å². The van der Waals surface area contributed by atoms with E-state index in [4.69, 9.17) is 0 Å². The third-order valence-electron chi connectivity index (χ3n) is 5.05. The zero-order valence-corrected chi connectivity index (χ0v) is 14.4. The van der Waals surface area contributed by atoms with Gasteiger partial charge in [-0.2, -0.15) is 0 Å². The number of nitrogens with one attached hydrogen (secondary N) is 1. The molecule has 0 saturated carbocycles. The summed E-state index contributed by atoms with van der Waals surface area (Å²) in [6.07, 6.45) is 2.72. The molecule has 2 heteroatoms. The van der Waals surface area contributed by atoms with Gasteiger partial charge < -0.3 is 5.32 Å². The first-order chi connectivity index (χ1) is 10.0. The highest BCUT2D eigenvalue weighted by Gasteiger charge is 2.25. The number of likely N-dealkylation sites (tertiary alicyclic amines) is 1. The normalized spacial score (nSPS) is 25.0. The Kier molecular flexibility index (Phi) is 5.83. The van der Waals surface area contributed by atoms with Crippen molar-refractivity contribution < 1.29 is 0 Å². The van der Waals surface area contributed by atoms with Crippen molar-refractivity contribution in [3.8, 4) is 0 Å². The largest absolute Gasteiger partial charge is 0.309 e. The van der Waals surface area contributed by atoms with Gasteiger partial charge in [0.15, 0.2) is 0 Å². The van der Waals surface area contributed by atoms with Crippen LogP contribution in [0.25, 0.3) is 0 Å². The molecule has 0 aromatic heterocycles. The zero-order chi connectivity index (χ0) is 15.4. The molecule has 1 aromatic rings. The molecule has 1 fully saturated rings. The topological polar surface area (TPSA) is 15.3 Å². The molecule has 0 amide bonds. The van der Waals surface area contributed by atoms with Gasteiger partial charge in [-0.3, -0.25) is 4.90 Å². The van der Waals surface area contributed by atoms with Crippen LogP contribution >= 0.6 is 0 Å². The van der Waals surface area contributed by atoms with E-state index in [-0.39, 0.29) is 0 Å². The van der Waals surface area contributed by atoms with E-state index < -0.39 is 0 Å². The van der Waals surface area contributed by atoms with Crippen molar-refractivity contribution in [1.29, 1.82) is 0 Å². The van der Waals surface area contributed by atoms with E-state index in [1.54, 1.807) is 0 Å². The van der Waals surface area contributed by atoms with Crippen molar-refractivity contribution >= 4 is 0 Å². The molecule has 1 aliphatic heterocycles. The van der Waals surface area contributed by atoms with Crippen LogP contribution in [0.15, 0.2) is 18.2 Å². The van der Waals surface area contributed by atoms with Crippen LogP contribution in [0.4, 0.5) is 0 Å². The Balaban J connectivity index is 2.12. The number of rotatable bonds is 5. The first-order valence-corrected chi connectivity index (χ1v) is 8.55. The fraction of sp³-hybridized carbons (Fsp3) is 0.684. The van der Waals surface area contributed by atoms with Gasteiger partial charge in [0.2, 0.25) is 0 Å². The van der Waals surface area contributed by atoms with E-state index in [9.17, 15) is 0 Å². The summed E-state index contributed by atoms with van der Waals surface area (Å²) < 4.78 is 0. The molecular formula is C19H32N2. The fourth-order valence-electron chi connectivity index (χ4n) is 3.38. The summed E-state index contributed by atoms with van der Waals surface area (Å²) in [6, 6.07) is 8.09. The van der Waals surface area contributed by atoms with Crippen LogP contribution < -0.4 is 5.32 Å². The predicted octanol–water partition coefficient (Wildman–Crippen LogP) is 4.07.